The fraction of sp³-hybridized carbons (Fsp3) is 0.400. The van der Waals surface area contributed by atoms with Gasteiger partial charge in [-0.3, -0.25) is 10.6 Å². The number of nitrogens with zero attached hydrogens (tertiary/aromatic N) is 3. The van der Waals surface area contributed by atoms with Crippen molar-refractivity contribution in [1.82, 2.24) is 9.88 Å². The Hall–Kier alpha value is -3.10. The lowest BCUT2D eigenvalue weighted by Gasteiger charge is -2.42. The second-order valence-electron chi connectivity index (χ2n) is 7.36. The minimum Gasteiger partial charge on any atom is -0.493 e. The standard InChI is InChI=1S/C20H21F6N5O3/c1-3-9-33-13-6-4-5-11(19(21,22)23)14(13)12-8-7-10-15(27)30(2)18(28)31(16(10)29-12)34-17(32)20(24,25)26/h4-8,15,18H,3,9,27-28H2,1-2H3. The first kappa shape index (κ1) is 25.5. The van der Waals surface area contributed by atoms with E-state index in [1.807, 2.05) is 0 Å². The van der Waals surface area contributed by atoms with Gasteiger partial charge in [0.25, 0.3) is 0 Å². The largest absolute Gasteiger partial charge is 0.493 e. The van der Waals surface area contributed by atoms with Crippen LogP contribution in [0.25, 0.3) is 11.3 Å². The molecule has 0 radical (unpaired) electrons. The molecule has 0 saturated carbocycles. The van der Waals surface area contributed by atoms with E-state index < -0.39 is 47.7 Å². The zero-order valence-electron chi connectivity index (χ0n) is 17.9. The van der Waals surface area contributed by atoms with Crippen molar-refractivity contribution in [2.24, 2.45) is 11.5 Å². The van der Waals surface area contributed by atoms with Gasteiger partial charge in [-0.05, 0) is 31.7 Å². The van der Waals surface area contributed by atoms with E-state index in [1.54, 1.807) is 6.92 Å². The molecule has 0 amide bonds. The highest BCUT2D eigenvalue weighted by atomic mass is 19.4. The van der Waals surface area contributed by atoms with Crippen LogP contribution in [0.4, 0.5) is 32.2 Å². The van der Waals surface area contributed by atoms with E-state index in [2.05, 4.69) is 9.82 Å². The first-order valence-corrected chi connectivity index (χ1v) is 9.93. The Morgan fingerprint density at radius 2 is 1.79 bits per heavy atom. The second-order valence-corrected chi connectivity index (χ2v) is 7.36. The quantitative estimate of drug-likeness (QED) is 0.610. The number of carbonyl (C=O) groups excluding carboxylic acids is 1. The highest BCUT2D eigenvalue weighted by Crippen LogP contribution is 2.43. The lowest BCUT2D eigenvalue weighted by atomic mass is 10.0. The molecule has 1 aliphatic heterocycles. The fourth-order valence-electron chi connectivity index (χ4n) is 3.28. The van der Waals surface area contributed by atoms with Crippen LogP contribution in [0.15, 0.2) is 30.3 Å². The number of hydrogen-bond donors (Lipinski definition) is 2. The van der Waals surface area contributed by atoms with Crippen LogP contribution in [0.1, 0.15) is 30.6 Å². The summed E-state index contributed by atoms with van der Waals surface area (Å²) in [5.74, 6) is -3.16. The first-order valence-electron chi connectivity index (χ1n) is 9.93. The number of carbonyl (C=O) groups is 1. The van der Waals surface area contributed by atoms with Crippen LogP contribution in [-0.2, 0) is 15.8 Å². The maximum Gasteiger partial charge on any atom is 0.493 e. The number of ether oxygens (including phenoxy) is 1. The van der Waals surface area contributed by atoms with Crippen LogP contribution < -0.4 is 21.3 Å². The summed E-state index contributed by atoms with van der Waals surface area (Å²) < 4.78 is 85.4. The number of benzene rings is 1. The second kappa shape index (κ2) is 9.27. The summed E-state index contributed by atoms with van der Waals surface area (Å²) in [6, 6.07) is 5.79. The van der Waals surface area contributed by atoms with Gasteiger partial charge in [0.15, 0.2) is 12.1 Å². The number of hydrogen-bond acceptors (Lipinski definition) is 8. The van der Waals surface area contributed by atoms with Crippen LogP contribution in [0.3, 0.4) is 0 Å². The molecule has 34 heavy (non-hydrogen) atoms. The van der Waals surface area contributed by atoms with Gasteiger partial charge in [0.1, 0.15) is 5.75 Å². The molecular weight excluding hydrogens is 472 g/mol. The van der Waals surface area contributed by atoms with Crippen molar-refractivity contribution in [1.29, 1.82) is 0 Å². The van der Waals surface area contributed by atoms with Crippen LogP contribution in [0.5, 0.6) is 5.75 Å². The molecule has 0 saturated heterocycles. The number of alkyl halides is 6. The number of fused-ring (bicyclic) bond motifs is 1. The van der Waals surface area contributed by atoms with E-state index in [9.17, 15) is 31.1 Å². The van der Waals surface area contributed by atoms with Crippen LogP contribution >= 0.6 is 0 Å². The molecule has 1 aromatic heterocycles. The summed E-state index contributed by atoms with van der Waals surface area (Å²) in [6.07, 6.45) is -12.2. The fourth-order valence-corrected chi connectivity index (χ4v) is 3.28. The van der Waals surface area contributed by atoms with Crippen molar-refractivity contribution in [2.75, 3.05) is 18.7 Å². The molecule has 8 nitrogen and oxygen atoms in total. The van der Waals surface area contributed by atoms with Gasteiger partial charge >= 0.3 is 18.3 Å². The minimum atomic E-state index is -5.36. The average Bonchev–Trinajstić information content (AvgIpc) is 2.77. The average molecular weight is 493 g/mol. The van der Waals surface area contributed by atoms with Gasteiger partial charge in [-0.1, -0.05) is 19.1 Å². The maximum absolute atomic E-state index is 13.8. The molecule has 2 heterocycles. The maximum atomic E-state index is 13.8. The molecule has 3 rings (SSSR count). The van der Waals surface area contributed by atoms with Crippen molar-refractivity contribution in [3.63, 3.8) is 0 Å². The molecule has 4 N–H and O–H groups in total. The number of pyridine rings is 1. The van der Waals surface area contributed by atoms with Crippen molar-refractivity contribution in [3.05, 3.63) is 41.5 Å². The third kappa shape index (κ3) is 4.88. The molecule has 14 heteroatoms. The Kier molecular flexibility index (Phi) is 6.96. The molecule has 0 fully saturated rings. The van der Waals surface area contributed by atoms with Crippen LogP contribution in [0.2, 0.25) is 0 Å². The van der Waals surface area contributed by atoms with E-state index in [-0.39, 0.29) is 23.6 Å². The number of hydroxylamine groups is 1. The first-order chi connectivity index (χ1) is 15.8. The van der Waals surface area contributed by atoms with E-state index in [1.165, 1.54) is 30.1 Å². The Morgan fingerprint density at radius 3 is 2.38 bits per heavy atom. The van der Waals surface area contributed by atoms with E-state index in [0.29, 0.717) is 11.5 Å². The van der Waals surface area contributed by atoms with Gasteiger partial charge in [-0.15, -0.1) is 0 Å². The third-order valence-electron chi connectivity index (χ3n) is 4.99. The molecule has 186 valence electrons. The van der Waals surface area contributed by atoms with Crippen LogP contribution in [-0.4, -0.2) is 42.0 Å². The Labute approximate surface area is 190 Å². The topological polar surface area (TPSA) is 107 Å². The van der Waals surface area contributed by atoms with Gasteiger partial charge < -0.3 is 15.3 Å². The predicted octanol–water partition coefficient (Wildman–Crippen LogP) is 3.53. The highest BCUT2D eigenvalue weighted by Gasteiger charge is 2.46. The van der Waals surface area contributed by atoms with Gasteiger partial charge in [-0.25, -0.2) is 9.78 Å². The molecule has 0 aliphatic carbocycles. The Morgan fingerprint density at radius 1 is 1.12 bits per heavy atom. The molecule has 1 aliphatic rings. The lowest BCUT2D eigenvalue weighted by Crippen LogP contribution is -2.60. The van der Waals surface area contributed by atoms with Gasteiger partial charge in [0.05, 0.1) is 29.6 Å². The third-order valence-corrected chi connectivity index (χ3v) is 4.99. The zero-order chi connectivity index (χ0) is 25.4. The van der Waals surface area contributed by atoms with E-state index in [0.717, 1.165) is 12.1 Å². The smallest absolute Gasteiger partial charge is 0.493 e. The summed E-state index contributed by atoms with van der Waals surface area (Å²) in [4.78, 5) is 21.2. The van der Waals surface area contributed by atoms with Gasteiger partial charge in [0.2, 0.25) is 0 Å². The summed E-state index contributed by atoms with van der Waals surface area (Å²) in [7, 11) is 1.36. The van der Waals surface area contributed by atoms with Crippen molar-refractivity contribution in [2.45, 2.75) is 38.2 Å². The van der Waals surface area contributed by atoms with Gasteiger partial charge in [0, 0.05) is 5.56 Å². The summed E-state index contributed by atoms with van der Waals surface area (Å²) in [5.41, 5.74) is 10.2. The summed E-state index contributed by atoms with van der Waals surface area (Å²) >= 11 is 0. The number of nitrogens with two attached hydrogens (primary N) is 2. The molecule has 1 aromatic carbocycles. The van der Waals surface area contributed by atoms with Gasteiger partial charge in [-0.2, -0.15) is 31.4 Å². The highest BCUT2D eigenvalue weighted by molar-refractivity contribution is 5.78. The molecule has 2 unspecified atom stereocenters. The van der Waals surface area contributed by atoms with Crippen LogP contribution in [0, 0.1) is 0 Å². The van der Waals surface area contributed by atoms with Crippen molar-refractivity contribution in [3.8, 4) is 17.0 Å². The summed E-state index contributed by atoms with van der Waals surface area (Å²) in [5, 5.41) is 0.362. The number of rotatable bonds is 5. The molecule has 2 aromatic rings. The SMILES string of the molecule is CCCOc1cccc(C(F)(F)F)c1-c1ccc2c(n1)N(OC(=O)C(F)(F)F)C(N)N(C)C2N. The Balaban J connectivity index is 2.20. The Bertz CT molecular complexity index is 1060. The zero-order valence-corrected chi connectivity index (χ0v) is 17.9. The monoisotopic (exact) mass is 493 g/mol. The number of aromatic nitrogens is 1. The summed E-state index contributed by atoms with van der Waals surface area (Å²) in [6.45, 7) is 1.87. The van der Waals surface area contributed by atoms with E-state index >= 15 is 0 Å². The lowest BCUT2D eigenvalue weighted by molar-refractivity contribution is -0.204. The number of anilines is 1. The number of halogens is 6. The van der Waals surface area contributed by atoms with Crippen molar-refractivity contribution >= 4 is 11.8 Å². The molecule has 0 spiro atoms. The van der Waals surface area contributed by atoms with Crippen molar-refractivity contribution < 1.29 is 40.7 Å². The molecule has 2 atom stereocenters. The predicted molar refractivity (Wildman–Crippen MR) is 108 cm³/mol. The normalized spacial score (nSPS) is 19.1. The molecular formula is C20H21F6N5O3. The minimum absolute atomic E-state index is 0.0726. The molecule has 0 bridgehead atoms. The van der Waals surface area contributed by atoms with E-state index in [4.69, 9.17) is 16.2 Å².